The van der Waals surface area contributed by atoms with Crippen LogP contribution < -0.4 is 0 Å². The van der Waals surface area contributed by atoms with Gasteiger partial charge >= 0.3 is 0 Å². The maximum absolute atomic E-state index is 2.52. The Labute approximate surface area is 128 Å². The van der Waals surface area contributed by atoms with E-state index >= 15 is 0 Å². The van der Waals surface area contributed by atoms with Crippen LogP contribution in [0.25, 0.3) is 0 Å². The van der Waals surface area contributed by atoms with Gasteiger partial charge in [0.15, 0.2) is 0 Å². The van der Waals surface area contributed by atoms with E-state index in [9.17, 15) is 0 Å². The van der Waals surface area contributed by atoms with Gasteiger partial charge in [-0.2, -0.15) is 0 Å². The first-order valence-electron chi connectivity index (χ1n) is 7.94. The van der Waals surface area contributed by atoms with Crippen LogP contribution in [0.15, 0.2) is 0 Å². The highest BCUT2D eigenvalue weighted by molar-refractivity contribution is 6.74. The molecule has 0 aromatic heterocycles. The van der Waals surface area contributed by atoms with Crippen molar-refractivity contribution < 1.29 is 0 Å². The molecule has 0 radical (unpaired) electrons. The Bertz CT molecular complexity index is 224. The Balaban J connectivity index is 4.58. The van der Waals surface area contributed by atoms with Gasteiger partial charge in [0.1, 0.15) is 0 Å². The maximum atomic E-state index is 2.52. The van der Waals surface area contributed by atoms with E-state index in [-0.39, 0.29) is 0 Å². The van der Waals surface area contributed by atoms with E-state index in [0.29, 0.717) is 0 Å². The van der Waals surface area contributed by atoms with Gasteiger partial charge in [0.25, 0.3) is 14.1 Å². The van der Waals surface area contributed by atoms with Crippen molar-refractivity contribution in [1.29, 1.82) is 0 Å². The standard InChI is InChI=1S/C7H19N2Si.2C4H9.Al/c1-7-10(6,8(2)3)9(4)5;2*1-4(2)3;/h1,7H2,2-6H3;2*4H,1H2,2-3H3;. The molecule has 0 saturated heterocycles. The molecule has 0 rings (SSSR count). The second-order valence-corrected chi connectivity index (χ2v) is 15.6. The molecule has 0 saturated carbocycles. The van der Waals surface area contributed by atoms with Crippen molar-refractivity contribution in [2.75, 3.05) is 28.2 Å². The van der Waals surface area contributed by atoms with E-state index in [1.807, 2.05) is 0 Å². The van der Waals surface area contributed by atoms with E-state index < -0.39 is 22.5 Å². The zero-order valence-corrected chi connectivity index (χ0v) is 17.1. The maximum Gasteiger partial charge on any atom is 0.262 e. The Morgan fingerprint density at radius 3 is 1.47 bits per heavy atom. The lowest BCUT2D eigenvalue weighted by atomic mass is 10.3. The molecule has 0 aromatic carbocycles. The van der Waals surface area contributed by atoms with Gasteiger partial charge in [-0.3, -0.25) is 0 Å². The predicted octanol–water partition coefficient (Wildman–Crippen LogP) is 3.99. The molecule has 0 amide bonds. The highest BCUT2D eigenvalue weighted by Crippen LogP contribution is 2.25. The molecule has 0 aromatic rings. The van der Waals surface area contributed by atoms with E-state index in [1.165, 1.54) is 21.9 Å². The van der Waals surface area contributed by atoms with Crippen LogP contribution in [0.1, 0.15) is 27.7 Å². The second-order valence-electron chi connectivity index (χ2n) is 7.67. The summed E-state index contributed by atoms with van der Waals surface area (Å²) < 4.78 is 5.03. The quantitative estimate of drug-likeness (QED) is 0.594. The molecule has 0 aliphatic carbocycles. The van der Waals surface area contributed by atoms with Crippen molar-refractivity contribution in [3.05, 3.63) is 0 Å². The lowest BCUT2D eigenvalue weighted by Crippen LogP contribution is -2.58. The molecule has 114 valence electrons. The van der Waals surface area contributed by atoms with Gasteiger partial charge in [-0.05, 0) is 40.8 Å². The molecule has 0 heterocycles. The Morgan fingerprint density at radius 2 is 1.21 bits per heavy atom. The number of hydrogen-bond acceptors (Lipinski definition) is 2. The summed E-state index contributed by atoms with van der Waals surface area (Å²) in [6.07, 6.45) is 0. The highest BCUT2D eigenvalue weighted by Gasteiger charge is 2.34. The van der Waals surface area contributed by atoms with Crippen molar-refractivity contribution in [2.45, 2.75) is 56.1 Å². The largest absolute Gasteiger partial charge is 0.317 e. The van der Waals surface area contributed by atoms with Gasteiger partial charge in [-0.15, -0.1) is 0 Å². The van der Waals surface area contributed by atoms with Gasteiger partial charge < -0.3 is 9.13 Å². The molecule has 4 heteroatoms. The molecule has 0 N–H and O–H groups in total. The fourth-order valence-corrected chi connectivity index (χ4v) is 11.8. The number of hydrogen-bond donors (Lipinski definition) is 0. The Kier molecular flexibility index (Phi) is 9.16. The van der Waals surface area contributed by atoms with E-state index in [4.69, 9.17) is 0 Å². The van der Waals surface area contributed by atoms with Gasteiger partial charge in [0.05, 0.1) is 0 Å². The smallest absolute Gasteiger partial charge is 0.262 e. The summed E-state index contributed by atoms with van der Waals surface area (Å²) in [5.41, 5.74) is 0. The van der Waals surface area contributed by atoms with Crippen molar-refractivity contribution in [3.8, 4) is 0 Å². The number of rotatable bonds is 9. The van der Waals surface area contributed by atoms with E-state index in [2.05, 4.69) is 71.6 Å². The van der Waals surface area contributed by atoms with Crippen molar-refractivity contribution in [1.82, 2.24) is 9.13 Å². The minimum Gasteiger partial charge on any atom is -0.317 e. The summed E-state index contributed by atoms with van der Waals surface area (Å²) in [4.78, 5) is 0. The number of nitrogens with zero attached hydrogens (tertiary/aromatic N) is 2. The van der Waals surface area contributed by atoms with Gasteiger partial charge in [-0.1, -0.05) is 55.4 Å². The zero-order chi connectivity index (χ0) is 15.2. The molecule has 0 spiro atoms. The SMILES string of the molecule is CC(C)[CH2][Al]([CH2]C[Si](C)(N(C)C)N(C)C)[CH2]C(C)C. The van der Waals surface area contributed by atoms with Crippen LogP contribution >= 0.6 is 0 Å². The molecule has 0 fully saturated rings. The first-order valence-corrected chi connectivity index (χ1v) is 13.0. The van der Waals surface area contributed by atoms with Crippen LogP contribution in [-0.2, 0) is 0 Å². The molecule has 19 heavy (non-hydrogen) atoms. The van der Waals surface area contributed by atoms with Crippen LogP contribution in [0.2, 0.25) is 28.4 Å². The third kappa shape index (κ3) is 7.29. The average molecular weight is 301 g/mol. The van der Waals surface area contributed by atoms with E-state index in [1.54, 1.807) is 0 Å². The first-order chi connectivity index (χ1) is 8.59. The van der Waals surface area contributed by atoms with Crippen LogP contribution in [0.3, 0.4) is 0 Å². The molecular weight excluding hydrogens is 263 g/mol. The van der Waals surface area contributed by atoms with Crippen molar-refractivity contribution in [3.63, 3.8) is 0 Å². The topological polar surface area (TPSA) is 6.48 Å². The molecule has 0 aliphatic heterocycles. The third-order valence-corrected chi connectivity index (χ3v) is 14.6. The molecule has 0 atom stereocenters. The zero-order valence-electron chi connectivity index (χ0n) is 15.0. The Morgan fingerprint density at radius 1 is 0.842 bits per heavy atom. The fraction of sp³-hybridized carbons (Fsp3) is 1.00. The van der Waals surface area contributed by atoms with Crippen LogP contribution in [-0.4, -0.2) is 59.9 Å². The van der Waals surface area contributed by atoms with Crippen LogP contribution in [0.4, 0.5) is 0 Å². The summed E-state index contributed by atoms with van der Waals surface area (Å²) in [6, 6.07) is 1.45. The molecule has 2 nitrogen and oxygen atoms in total. The van der Waals surface area contributed by atoms with Crippen molar-refractivity contribution >= 4 is 22.5 Å². The van der Waals surface area contributed by atoms with Crippen LogP contribution in [0.5, 0.6) is 0 Å². The summed E-state index contributed by atoms with van der Waals surface area (Å²) in [5, 5.41) is 4.60. The lowest BCUT2D eigenvalue weighted by Gasteiger charge is -2.40. The summed E-state index contributed by atoms with van der Waals surface area (Å²) in [7, 11) is 7.72. The lowest BCUT2D eigenvalue weighted by molar-refractivity contribution is 0.485. The molecular formula is C15H37AlN2Si. The molecule has 0 bridgehead atoms. The van der Waals surface area contributed by atoms with Gasteiger partial charge in [-0.25, -0.2) is 0 Å². The summed E-state index contributed by atoms with van der Waals surface area (Å²) in [5.74, 6) is 1.78. The second kappa shape index (κ2) is 8.85. The summed E-state index contributed by atoms with van der Waals surface area (Å²) in [6.45, 7) is 12.1. The summed E-state index contributed by atoms with van der Waals surface area (Å²) >= 11 is -0.550. The predicted molar refractivity (Wildman–Crippen MR) is 93.7 cm³/mol. The third-order valence-electron chi connectivity index (χ3n) is 4.56. The molecule has 0 unspecified atom stereocenters. The van der Waals surface area contributed by atoms with Crippen molar-refractivity contribution in [2.24, 2.45) is 11.8 Å². The first kappa shape index (κ1) is 19.7. The van der Waals surface area contributed by atoms with Gasteiger partial charge in [0.2, 0.25) is 8.40 Å². The fourth-order valence-electron chi connectivity index (χ4n) is 2.99. The molecule has 0 aliphatic rings. The normalized spacial score (nSPS) is 13.1. The van der Waals surface area contributed by atoms with E-state index in [0.717, 1.165) is 11.8 Å². The van der Waals surface area contributed by atoms with Gasteiger partial charge in [0, 0.05) is 0 Å². The minimum atomic E-state index is -1.37. The average Bonchev–Trinajstić information content (AvgIpc) is 2.23. The minimum absolute atomic E-state index is 0.550. The Hall–Kier alpha value is 0.669. The monoisotopic (exact) mass is 300 g/mol. The van der Waals surface area contributed by atoms with Crippen LogP contribution in [0, 0.1) is 11.8 Å². The highest BCUT2D eigenvalue weighted by atomic mass is 28.3.